The van der Waals surface area contributed by atoms with Crippen LogP contribution in [0.1, 0.15) is 25.3 Å². The van der Waals surface area contributed by atoms with Crippen LogP contribution in [0.4, 0.5) is 0 Å². The Hall–Kier alpha value is -2.08. The summed E-state index contributed by atoms with van der Waals surface area (Å²) < 4.78 is 10.4. The summed E-state index contributed by atoms with van der Waals surface area (Å²) in [5.41, 5.74) is 0.990. The highest BCUT2D eigenvalue weighted by Crippen LogP contribution is 2.22. The Morgan fingerprint density at radius 1 is 1.27 bits per heavy atom. The van der Waals surface area contributed by atoms with Crippen molar-refractivity contribution in [3.63, 3.8) is 0 Å². The van der Waals surface area contributed by atoms with Crippen molar-refractivity contribution in [3.8, 4) is 5.75 Å². The van der Waals surface area contributed by atoms with E-state index in [9.17, 15) is 9.59 Å². The Bertz CT molecular complexity index is 528. The van der Waals surface area contributed by atoms with E-state index in [4.69, 9.17) is 14.6 Å². The van der Waals surface area contributed by atoms with Crippen LogP contribution in [0, 0.1) is 0 Å². The molecule has 1 aromatic carbocycles. The number of hydrogen-bond donors (Lipinski definition) is 1. The van der Waals surface area contributed by atoms with E-state index < -0.39 is 18.2 Å². The van der Waals surface area contributed by atoms with Gasteiger partial charge in [-0.3, -0.25) is 4.79 Å². The summed E-state index contributed by atoms with van der Waals surface area (Å²) in [6.45, 7) is 2.91. The molecule has 1 aliphatic heterocycles. The van der Waals surface area contributed by atoms with E-state index in [1.54, 1.807) is 12.0 Å². The molecule has 6 nitrogen and oxygen atoms in total. The van der Waals surface area contributed by atoms with Crippen molar-refractivity contribution < 1.29 is 24.2 Å². The number of likely N-dealkylation sites (N-methyl/N-ethyl adjacent to an activating group) is 1. The first-order chi connectivity index (χ1) is 10.5. The van der Waals surface area contributed by atoms with Gasteiger partial charge in [-0.15, -0.1) is 0 Å². The van der Waals surface area contributed by atoms with Gasteiger partial charge in [0.05, 0.1) is 7.11 Å². The molecule has 0 aliphatic carbocycles. The maximum atomic E-state index is 12.5. The highest BCUT2D eigenvalue weighted by atomic mass is 16.5. The molecule has 1 amide bonds. The van der Waals surface area contributed by atoms with Crippen LogP contribution in [0.15, 0.2) is 24.3 Å². The lowest BCUT2D eigenvalue weighted by Crippen LogP contribution is -2.39. The van der Waals surface area contributed by atoms with E-state index in [-0.39, 0.29) is 5.91 Å². The highest BCUT2D eigenvalue weighted by Gasteiger charge is 2.36. The molecule has 6 heteroatoms. The zero-order valence-electron chi connectivity index (χ0n) is 12.8. The van der Waals surface area contributed by atoms with Crippen LogP contribution in [-0.4, -0.2) is 47.7 Å². The number of carbonyl (C=O) groups is 2. The molecule has 120 valence electrons. The number of nitrogens with zero attached hydrogens (tertiary/aromatic N) is 1. The maximum Gasteiger partial charge on any atom is 0.332 e. The van der Waals surface area contributed by atoms with Crippen LogP contribution in [0.2, 0.25) is 0 Å². The molecule has 1 aliphatic rings. The Balaban J connectivity index is 1.98. The lowest BCUT2D eigenvalue weighted by atomic mass is 10.1. The second kappa shape index (κ2) is 7.26. The van der Waals surface area contributed by atoms with Gasteiger partial charge >= 0.3 is 5.97 Å². The molecule has 0 unspecified atom stereocenters. The SMILES string of the molecule is CCN(Cc1ccc(OC)cc1)C(=O)[C@@H]1CC[C@H](C(=O)O)O1. The molecule has 1 saturated heterocycles. The lowest BCUT2D eigenvalue weighted by Gasteiger charge is -2.24. The molecule has 1 N–H and O–H groups in total. The van der Waals surface area contributed by atoms with Gasteiger partial charge < -0.3 is 19.5 Å². The molecule has 0 aromatic heterocycles. The fraction of sp³-hybridized carbons (Fsp3) is 0.500. The molecule has 0 radical (unpaired) electrons. The molecule has 1 aromatic rings. The van der Waals surface area contributed by atoms with Crippen LogP contribution in [0.3, 0.4) is 0 Å². The molecule has 1 fully saturated rings. The summed E-state index contributed by atoms with van der Waals surface area (Å²) >= 11 is 0. The summed E-state index contributed by atoms with van der Waals surface area (Å²) in [6, 6.07) is 7.51. The first-order valence-corrected chi connectivity index (χ1v) is 7.35. The summed E-state index contributed by atoms with van der Waals surface area (Å²) in [5, 5.41) is 8.93. The van der Waals surface area contributed by atoms with E-state index in [0.717, 1.165) is 11.3 Å². The van der Waals surface area contributed by atoms with Crippen molar-refractivity contribution in [2.24, 2.45) is 0 Å². The van der Waals surface area contributed by atoms with Crippen molar-refractivity contribution in [1.29, 1.82) is 0 Å². The topological polar surface area (TPSA) is 76.1 Å². The number of methoxy groups -OCH3 is 1. The lowest BCUT2D eigenvalue weighted by molar-refractivity contribution is -0.155. The number of carboxylic acid groups (broad SMARTS) is 1. The van der Waals surface area contributed by atoms with Crippen LogP contribution in [0.25, 0.3) is 0 Å². The minimum absolute atomic E-state index is 0.151. The van der Waals surface area contributed by atoms with Gasteiger partial charge in [-0.1, -0.05) is 12.1 Å². The number of amides is 1. The average molecular weight is 307 g/mol. The number of carboxylic acids is 1. The molecule has 0 spiro atoms. The molecular formula is C16H21NO5. The molecule has 0 bridgehead atoms. The van der Waals surface area contributed by atoms with Crippen molar-refractivity contribution in [1.82, 2.24) is 4.90 Å². The molecule has 22 heavy (non-hydrogen) atoms. The smallest absolute Gasteiger partial charge is 0.332 e. The Morgan fingerprint density at radius 3 is 2.41 bits per heavy atom. The average Bonchev–Trinajstić information content (AvgIpc) is 3.02. The predicted molar refractivity (Wildman–Crippen MR) is 79.6 cm³/mol. The predicted octanol–water partition coefficient (Wildman–Crippen LogP) is 1.68. The van der Waals surface area contributed by atoms with Crippen molar-refractivity contribution >= 4 is 11.9 Å². The van der Waals surface area contributed by atoms with E-state index >= 15 is 0 Å². The van der Waals surface area contributed by atoms with E-state index in [1.165, 1.54) is 0 Å². The van der Waals surface area contributed by atoms with Crippen molar-refractivity contribution in [3.05, 3.63) is 29.8 Å². The Kier molecular flexibility index (Phi) is 5.38. The Labute approximate surface area is 129 Å². The van der Waals surface area contributed by atoms with Gasteiger partial charge in [0, 0.05) is 13.1 Å². The normalized spacial score (nSPS) is 20.6. The summed E-state index contributed by atoms with van der Waals surface area (Å²) in [4.78, 5) is 25.0. The Morgan fingerprint density at radius 2 is 1.91 bits per heavy atom. The molecule has 2 rings (SSSR count). The van der Waals surface area contributed by atoms with Crippen LogP contribution in [0.5, 0.6) is 5.75 Å². The second-order valence-corrected chi connectivity index (χ2v) is 5.23. The van der Waals surface area contributed by atoms with Crippen LogP contribution in [-0.2, 0) is 20.9 Å². The van der Waals surface area contributed by atoms with Crippen molar-refractivity contribution in [2.45, 2.75) is 38.5 Å². The highest BCUT2D eigenvalue weighted by molar-refractivity contribution is 5.82. The van der Waals surface area contributed by atoms with Gasteiger partial charge in [0.15, 0.2) is 6.10 Å². The minimum Gasteiger partial charge on any atom is -0.497 e. The molecular weight excluding hydrogens is 286 g/mol. The van der Waals surface area contributed by atoms with Gasteiger partial charge in [0.1, 0.15) is 11.9 Å². The third kappa shape index (κ3) is 3.76. The number of rotatable bonds is 6. The van der Waals surface area contributed by atoms with Gasteiger partial charge in [-0.25, -0.2) is 4.79 Å². The zero-order valence-corrected chi connectivity index (χ0v) is 12.8. The summed E-state index contributed by atoms with van der Waals surface area (Å²) in [6.07, 6.45) is -0.686. The molecule has 2 atom stereocenters. The summed E-state index contributed by atoms with van der Waals surface area (Å²) in [7, 11) is 1.60. The quantitative estimate of drug-likeness (QED) is 0.865. The number of benzene rings is 1. The van der Waals surface area contributed by atoms with Crippen LogP contribution < -0.4 is 4.74 Å². The molecule has 0 saturated carbocycles. The largest absolute Gasteiger partial charge is 0.497 e. The zero-order chi connectivity index (χ0) is 16.1. The van der Waals surface area contributed by atoms with Gasteiger partial charge in [-0.2, -0.15) is 0 Å². The van der Waals surface area contributed by atoms with Gasteiger partial charge in [0.25, 0.3) is 5.91 Å². The van der Waals surface area contributed by atoms with E-state index in [0.29, 0.717) is 25.9 Å². The number of ether oxygens (including phenoxy) is 2. The fourth-order valence-corrected chi connectivity index (χ4v) is 2.50. The molecule has 1 heterocycles. The monoisotopic (exact) mass is 307 g/mol. The van der Waals surface area contributed by atoms with Crippen molar-refractivity contribution in [2.75, 3.05) is 13.7 Å². The minimum atomic E-state index is -1.01. The number of carbonyl (C=O) groups excluding carboxylic acids is 1. The van der Waals surface area contributed by atoms with Gasteiger partial charge in [0.2, 0.25) is 0 Å². The number of hydrogen-bond acceptors (Lipinski definition) is 4. The third-order valence-corrected chi connectivity index (χ3v) is 3.80. The third-order valence-electron chi connectivity index (χ3n) is 3.80. The summed E-state index contributed by atoms with van der Waals surface area (Å²) in [5.74, 6) is -0.392. The first kappa shape index (κ1) is 16.3. The second-order valence-electron chi connectivity index (χ2n) is 5.23. The van der Waals surface area contributed by atoms with Gasteiger partial charge in [-0.05, 0) is 37.5 Å². The standard InChI is InChI=1S/C16H21NO5/c1-3-17(10-11-4-6-12(21-2)7-5-11)15(18)13-8-9-14(22-13)16(19)20/h4-7,13-14H,3,8-10H2,1-2H3,(H,19,20)/t13-,14+/m0/s1. The first-order valence-electron chi connectivity index (χ1n) is 7.35. The van der Waals surface area contributed by atoms with E-state index in [1.807, 2.05) is 31.2 Å². The maximum absolute atomic E-state index is 12.5. The van der Waals surface area contributed by atoms with Crippen LogP contribution >= 0.6 is 0 Å². The fourth-order valence-electron chi connectivity index (χ4n) is 2.50. The van der Waals surface area contributed by atoms with E-state index in [2.05, 4.69) is 0 Å². The number of aliphatic carboxylic acids is 1.